The van der Waals surface area contributed by atoms with E-state index in [4.69, 9.17) is 0 Å². The van der Waals surface area contributed by atoms with Crippen LogP contribution >= 0.6 is 27.7 Å². The molecule has 1 amide bonds. The summed E-state index contributed by atoms with van der Waals surface area (Å²) in [5, 5.41) is 3.54. The first-order valence-corrected chi connectivity index (χ1v) is 11.1. The van der Waals surface area contributed by atoms with Crippen LogP contribution in [0.1, 0.15) is 23.4 Å². The normalized spacial score (nSPS) is 12.6. The second-order valence-corrected chi connectivity index (χ2v) is 8.61. The third-order valence-electron chi connectivity index (χ3n) is 4.71. The molecule has 1 aliphatic rings. The molecule has 3 aromatic rings. The number of pyridine rings is 1. The van der Waals surface area contributed by atoms with Crippen LogP contribution in [-0.2, 0) is 24.2 Å². The van der Waals surface area contributed by atoms with E-state index in [9.17, 15) is 9.59 Å². The molecule has 0 unspecified atom stereocenters. The highest BCUT2D eigenvalue weighted by Crippen LogP contribution is 2.29. The van der Waals surface area contributed by atoms with Crippen LogP contribution in [0.25, 0.3) is 0 Å². The number of carbonyl (C=O) groups is 1. The number of anilines is 1. The summed E-state index contributed by atoms with van der Waals surface area (Å²) in [6, 6.07) is 13.1. The molecule has 148 valence electrons. The monoisotopic (exact) mass is 470 g/mol. The lowest BCUT2D eigenvalue weighted by molar-refractivity contribution is -0.113. The number of nitrogens with one attached hydrogen (secondary N) is 1. The summed E-state index contributed by atoms with van der Waals surface area (Å²) in [5.41, 5.74) is 3.39. The maximum Gasteiger partial charge on any atom is 0.349 e. The van der Waals surface area contributed by atoms with Crippen LogP contribution in [0.5, 0.6) is 0 Å². The van der Waals surface area contributed by atoms with Gasteiger partial charge in [-0.3, -0.25) is 14.3 Å². The summed E-state index contributed by atoms with van der Waals surface area (Å²) in [7, 11) is 0. The lowest BCUT2D eigenvalue weighted by atomic mass is 10.2. The predicted octanol–water partition coefficient (Wildman–Crippen LogP) is 3.67. The molecule has 8 heteroatoms. The fourth-order valence-electron chi connectivity index (χ4n) is 3.39. The van der Waals surface area contributed by atoms with E-state index in [2.05, 4.69) is 31.2 Å². The van der Waals surface area contributed by atoms with E-state index >= 15 is 0 Å². The van der Waals surface area contributed by atoms with E-state index in [0.29, 0.717) is 11.6 Å². The highest BCUT2D eigenvalue weighted by Gasteiger charge is 2.22. The Balaban J connectivity index is 1.49. The molecule has 1 aromatic carbocycles. The van der Waals surface area contributed by atoms with Crippen LogP contribution in [0.15, 0.2) is 63.0 Å². The molecule has 6 nitrogen and oxygen atoms in total. The fourth-order valence-corrected chi connectivity index (χ4v) is 4.53. The third-order valence-corrected chi connectivity index (χ3v) is 6.26. The lowest BCUT2D eigenvalue weighted by Gasteiger charge is -2.14. The van der Waals surface area contributed by atoms with Crippen LogP contribution in [0.2, 0.25) is 0 Å². The van der Waals surface area contributed by atoms with Crippen LogP contribution in [-0.4, -0.2) is 26.2 Å². The third kappa shape index (κ3) is 4.76. The van der Waals surface area contributed by atoms with Gasteiger partial charge in [0, 0.05) is 27.6 Å². The summed E-state index contributed by atoms with van der Waals surface area (Å²) in [6.07, 6.45) is 4.43. The van der Waals surface area contributed by atoms with E-state index in [1.807, 2.05) is 42.5 Å². The molecule has 0 bridgehead atoms. The standard InChI is InChI=1S/C21H19BrN4O2S/c22-14-7-9-15(10-8-14)24-19(27)13-29-20-17-5-3-6-18(17)26(21(28)25-20)12-16-4-1-2-11-23-16/h1-2,4,7-11H,3,5-6,12-13H2,(H,24,27). The summed E-state index contributed by atoms with van der Waals surface area (Å²) in [5.74, 6) is 0.0858. The van der Waals surface area contributed by atoms with Crippen LogP contribution < -0.4 is 11.0 Å². The van der Waals surface area contributed by atoms with Gasteiger partial charge in [0.05, 0.1) is 18.0 Å². The van der Waals surface area contributed by atoms with Gasteiger partial charge in [0.25, 0.3) is 0 Å². The molecule has 1 aliphatic carbocycles. The van der Waals surface area contributed by atoms with Crippen molar-refractivity contribution in [1.82, 2.24) is 14.5 Å². The molecule has 29 heavy (non-hydrogen) atoms. The van der Waals surface area contributed by atoms with Crippen molar-refractivity contribution in [2.24, 2.45) is 0 Å². The summed E-state index contributed by atoms with van der Waals surface area (Å²) < 4.78 is 2.67. The van der Waals surface area contributed by atoms with Crippen molar-refractivity contribution in [3.05, 3.63) is 80.6 Å². The molecule has 4 rings (SSSR count). The summed E-state index contributed by atoms with van der Waals surface area (Å²) in [4.78, 5) is 33.6. The maximum atomic E-state index is 12.7. The number of hydrogen-bond acceptors (Lipinski definition) is 5. The molecule has 1 N–H and O–H groups in total. The number of benzene rings is 1. The molecule has 2 aromatic heterocycles. The number of fused-ring (bicyclic) bond motifs is 1. The minimum absolute atomic E-state index is 0.122. The first-order valence-electron chi connectivity index (χ1n) is 9.31. The first kappa shape index (κ1) is 19.8. The Morgan fingerprint density at radius 3 is 2.76 bits per heavy atom. The van der Waals surface area contributed by atoms with Crippen molar-refractivity contribution in [1.29, 1.82) is 0 Å². The van der Waals surface area contributed by atoms with E-state index < -0.39 is 0 Å². The number of carbonyl (C=O) groups excluding carboxylic acids is 1. The second kappa shape index (κ2) is 8.92. The topological polar surface area (TPSA) is 76.9 Å². The number of rotatable bonds is 6. The van der Waals surface area contributed by atoms with Gasteiger partial charge >= 0.3 is 5.69 Å². The quantitative estimate of drug-likeness (QED) is 0.439. The summed E-state index contributed by atoms with van der Waals surface area (Å²) in [6.45, 7) is 0.421. The Morgan fingerprint density at radius 1 is 1.17 bits per heavy atom. The smallest absolute Gasteiger partial charge is 0.325 e. The molecule has 2 heterocycles. The molecule has 0 radical (unpaired) electrons. The van der Waals surface area contributed by atoms with Gasteiger partial charge in [-0.1, -0.05) is 33.8 Å². The molecule has 0 fully saturated rings. The molecule has 0 aliphatic heterocycles. The van der Waals surface area contributed by atoms with Crippen LogP contribution in [0.4, 0.5) is 5.69 Å². The number of hydrogen-bond donors (Lipinski definition) is 1. The SMILES string of the molecule is O=C(CSc1nc(=O)n(Cc2ccccn2)c2c1CCC2)Nc1ccc(Br)cc1. The van der Waals surface area contributed by atoms with Crippen molar-refractivity contribution >= 4 is 39.3 Å². The van der Waals surface area contributed by atoms with E-state index in [1.165, 1.54) is 11.8 Å². The zero-order valence-corrected chi connectivity index (χ0v) is 18.0. The predicted molar refractivity (Wildman–Crippen MR) is 117 cm³/mol. The lowest BCUT2D eigenvalue weighted by Crippen LogP contribution is -2.28. The average Bonchev–Trinajstić information content (AvgIpc) is 3.21. The average molecular weight is 471 g/mol. The van der Waals surface area contributed by atoms with Crippen molar-refractivity contribution < 1.29 is 4.79 Å². The van der Waals surface area contributed by atoms with Crippen LogP contribution in [0.3, 0.4) is 0 Å². The molecular weight excluding hydrogens is 452 g/mol. The molecule has 0 spiro atoms. The van der Waals surface area contributed by atoms with Gasteiger partial charge < -0.3 is 5.32 Å². The zero-order chi connectivity index (χ0) is 20.2. The van der Waals surface area contributed by atoms with Gasteiger partial charge in [-0.2, -0.15) is 4.98 Å². The van der Waals surface area contributed by atoms with Crippen molar-refractivity contribution in [3.63, 3.8) is 0 Å². The Kier molecular flexibility index (Phi) is 6.10. The van der Waals surface area contributed by atoms with Gasteiger partial charge in [0.1, 0.15) is 5.03 Å². The largest absolute Gasteiger partial charge is 0.349 e. The minimum atomic E-state index is -0.285. The maximum absolute atomic E-state index is 12.7. The van der Waals surface area contributed by atoms with Gasteiger partial charge in [-0.25, -0.2) is 4.79 Å². The van der Waals surface area contributed by atoms with Crippen molar-refractivity contribution in [2.45, 2.75) is 30.8 Å². The zero-order valence-electron chi connectivity index (χ0n) is 15.6. The number of nitrogens with zero attached hydrogens (tertiary/aromatic N) is 3. The Morgan fingerprint density at radius 2 is 2.00 bits per heavy atom. The Bertz CT molecular complexity index is 1080. The number of aromatic nitrogens is 3. The van der Waals surface area contributed by atoms with Crippen molar-refractivity contribution in [3.8, 4) is 0 Å². The number of halogens is 1. The van der Waals surface area contributed by atoms with Gasteiger partial charge in [0.15, 0.2) is 0 Å². The highest BCUT2D eigenvalue weighted by molar-refractivity contribution is 9.10. The summed E-state index contributed by atoms with van der Waals surface area (Å²) >= 11 is 4.70. The Labute approximate surface area is 180 Å². The van der Waals surface area contributed by atoms with Gasteiger partial charge in [-0.05, 0) is 55.7 Å². The molecular formula is C21H19BrN4O2S. The molecule has 0 atom stereocenters. The Hall–Kier alpha value is -2.45. The first-order chi connectivity index (χ1) is 14.1. The van der Waals surface area contributed by atoms with E-state index in [1.54, 1.807) is 10.8 Å². The van der Waals surface area contributed by atoms with E-state index in [0.717, 1.165) is 46.4 Å². The van der Waals surface area contributed by atoms with Gasteiger partial charge in [0.2, 0.25) is 5.91 Å². The van der Waals surface area contributed by atoms with Crippen LogP contribution in [0, 0.1) is 0 Å². The minimum Gasteiger partial charge on any atom is -0.325 e. The molecule has 0 saturated carbocycles. The fraction of sp³-hybridized carbons (Fsp3) is 0.238. The molecule has 0 saturated heterocycles. The van der Waals surface area contributed by atoms with Crippen molar-refractivity contribution in [2.75, 3.05) is 11.1 Å². The number of thioether (sulfide) groups is 1. The highest BCUT2D eigenvalue weighted by atomic mass is 79.9. The van der Waals surface area contributed by atoms with Gasteiger partial charge in [-0.15, -0.1) is 0 Å². The number of amides is 1. The second-order valence-electron chi connectivity index (χ2n) is 6.73. The van der Waals surface area contributed by atoms with E-state index in [-0.39, 0.29) is 17.3 Å².